The lowest BCUT2D eigenvalue weighted by atomic mass is 9.96. The van der Waals surface area contributed by atoms with Gasteiger partial charge in [0, 0.05) is 13.0 Å². The van der Waals surface area contributed by atoms with Gasteiger partial charge < -0.3 is 5.32 Å². The average molecular weight is 330 g/mol. The second-order valence-corrected chi connectivity index (χ2v) is 8.32. The second-order valence-electron chi connectivity index (χ2n) is 6.54. The Morgan fingerprint density at radius 3 is 2.23 bits per heavy atom. The molecular weight excluding hydrogens is 307 g/mol. The number of rotatable bonds is 6. The summed E-state index contributed by atoms with van der Waals surface area (Å²) in [6.45, 7) is 6.44. The Bertz CT molecular complexity index is 607. The van der Waals surface area contributed by atoms with E-state index in [9.17, 15) is 17.6 Å². The van der Waals surface area contributed by atoms with E-state index in [-0.39, 0.29) is 17.7 Å². The molecule has 0 saturated carbocycles. The summed E-state index contributed by atoms with van der Waals surface area (Å²) < 4.78 is 38.3. The van der Waals surface area contributed by atoms with Crippen molar-refractivity contribution in [1.82, 2.24) is 10.0 Å². The Balaban J connectivity index is 2.83. The predicted octanol–water partition coefficient (Wildman–Crippen LogP) is 1.97. The Hall–Kier alpha value is -1.47. The molecule has 0 aliphatic heterocycles. The summed E-state index contributed by atoms with van der Waals surface area (Å²) in [4.78, 5) is 12.0. The van der Waals surface area contributed by atoms with Crippen molar-refractivity contribution < 1.29 is 17.6 Å². The zero-order valence-corrected chi connectivity index (χ0v) is 14.1. The summed E-state index contributed by atoms with van der Waals surface area (Å²) in [5.74, 6) is -0.681. The first-order valence-corrected chi connectivity index (χ1v) is 8.85. The van der Waals surface area contributed by atoms with Crippen molar-refractivity contribution in [3.05, 3.63) is 35.6 Å². The Kier molecular flexibility index (Phi) is 6.08. The second kappa shape index (κ2) is 7.19. The van der Waals surface area contributed by atoms with E-state index in [0.29, 0.717) is 12.1 Å². The van der Waals surface area contributed by atoms with Crippen molar-refractivity contribution >= 4 is 15.9 Å². The summed E-state index contributed by atoms with van der Waals surface area (Å²) >= 11 is 0. The van der Waals surface area contributed by atoms with Crippen LogP contribution in [0.15, 0.2) is 24.3 Å². The smallest absolute Gasteiger partial charge is 0.221 e. The largest absolute Gasteiger partial charge is 0.356 e. The number of benzene rings is 1. The number of amides is 1. The van der Waals surface area contributed by atoms with Crippen molar-refractivity contribution in [2.75, 3.05) is 12.8 Å². The number of nitrogens with one attached hydrogen (secondary N) is 2. The molecule has 1 aromatic carbocycles. The van der Waals surface area contributed by atoms with Crippen LogP contribution in [-0.2, 0) is 14.8 Å². The maximum Gasteiger partial charge on any atom is 0.221 e. The minimum Gasteiger partial charge on any atom is -0.356 e. The van der Waals surface area contributed by atoms with Crippen LogP contribution in [0.2, 0.25) is 0 Å². The van der Waals surface area contributed by atoms with Crippen LogP contribution in [0.3, 0.4) is 0 Å². The lowest BCUT2D eigenvalue weighted by Crippen LogP contribution is -2.36. The normalized spacial score (nSPS) is 13.7. The third-order valence-electron chi connectivity index (χ3n) is 2.83. The molecule has 2 N–H and O–H groups in total. The summed E-state index contributed by atoms with van der Waals surface area (Å²) in [5.41, 5.74) is 0.475. The first kappa shape index (κ1) is 18.6. The first-order valence-electron chi connectivity index (χ1n) is 6.96. The van der Waals surface area contributed by atoms with Gasteiger partial charge in [0.05, 0.1) is 12.3 Å². The molecule has 1 amide bonds. The molecule has 7 heteroatoms. The number of hydrogen-bond donors (Lipinski definition) is 2. The van der Waals surface area contributed by atoms with Crippen molar-refractivity contribution in [1.29, 1.82) is 0 Å². The molecule has 0 unspecified atom stereocenters. The highest BCUT2D eigenvalue weighted by molar-refractivity contribution is 7.88. The van der Waals surface area contributed by atoms with Gasteiger partial charge in [-0.05, 0) is 23.1 Å². The SMILES string of the molecule is CC(C)(C)CNC(=O)C[C@H](NS(C)(=O)=O)c1ccc(F)cc1. The standard InChI is InChI=1S/C15H23FN2O3S/c1-15(2,3)10-17-14(19)9-13(18-22(4,20)21)11-5-7-12(16)8-6-11/h5-8,13,18H,9-10H2,1-4H3,(H,17,19)/t13-/m0/s1. The van der Waals surface area contributed by atoms with E-state index in [0.717, 1.165) is 6.26 Å². The topological polar surface area (TPSA) is 75.3 Å². The Labute approximate surface area is 131 Å². The van der Waals surface area contributed by atoms with E-state index in [2.05, 4.69) is 10.0 Å². The lowest BCUT2D eigenvalue weighted by Gasteiger charge is -2.21. The van der Waals surface area contributed by atoms with Gasteiger partial charge in [0.15, 0.2) is 0 Å². The summed E-state index contributed by atoms with van der Waals surface area (Å²) in [5, 5.41) is 2.77. The Morgan fingerprint density at radius 2 is 1.77 bits per heavy atom. The fourth-order valence-corrected chi connectivity index (χ4v) is 2.54. The summed E-state index contributed by atoms with van der Waals surface area (Å²) in [6, 6.07) is 4.68. The molecule has 1 atom stereocenters. The summed E-state index contributed by atoms with van der Waals surface area (Å²) in [6.07, 6.45) is 0.978. The zero-order chi connectivity index (χ0) is 17.0. The number of hydrogen-bond acceptors (Lipinski definition) is 3. The van der Waals surface area contributed by atoms with E-state index in [4.69, 9.17) is 0 Å². The fraction of sp³-hybridized carbons (Fsp3) is 0.533. The van der Waals surface area contributed by atoms with Crippen LogP contribution in [0.4, 0.5) is 4.39 Å². The molecule has 0 aliphatic carbocycles. The highest BCUT2D eigenvalue weighted by atomic mass is 32.2. The summed E-state index contributed by atoms with van der Waals surface area (Å²) in [7, 11) is -3.49. The van der Waals surface area contributed by atoms with Crippen molar-refractivity contribution in [3.8, 4) is 0 Å². The van der Waals surface area contributed by atoms with E-state index in [1.165, 1.54) is 24.3 Å². The lowest BCUT2D eigenvalue weighted by molar-refractivity contribution is -0.121. The molecule has 5 nitrogen and oxygen atoms in total. The van der Waals surface area contributed by atoms with Gasteiger partial charge in [-0.2, -0.15) is 0 Å². The van der Waals surface area contributed by atoms with Gasteiger partial charge in [-0.15, -0.1) is 0 Å². The van der Waals surface area contributed by atoms with E-state index < -0.39 is 21.9 Å². The van der Waals surface area contributed by atoms with Crippen LogP contribution in [0, 0.1) is 11.2 Å². The van der Waals surface area contributed by atoms with Crippen LogP contribution in [0.25, 0.3) is 0 Å². The molecule has 0 heterocycles. The minimum atomic E-state index is -3.49. The van der Waals surface area contributed by atoms with Crippen LogP contribution in [-0.4, -0.2) is 27.1 Å². The maximum atomic E-state index is 13.0. The van der Waals surface area contributed by atoms with E-state index in [1.54, 1.807) is 0 Å². The molecule has 0 radical (unpaired) electrons. The Morgan fingerprint density at radius 1 is 1.23 bits per heavy atom. The van der Waals surface area contributed by atoms with Crippen molar-refractivity contribution in [3.63, 3.8) is 0 Å². The zero-order valence-electron chi connectivity index (χ0n) is 13.3. The molecule has 1 aromatic rings. The molecule has 124 valence electrons. The van der Waals surface area contributed by atoms with Gasteiger partial charge in [-0.3, -0.25) is 4.79 Å². The molecule has 22 heavy (non-hydrogen) atoms. The van der Waals surface area contributed by atoms with Crippen molar-refractivity contribution in [2.24, 2.45) is 5.41 Å². The fourth-order valence-electron chi connectivity index (χ4n) is 1.80. The van der Waals surface area contributed by atoms with Gasteiger partial charge in [0.25, 0.3) is 0 Å². The molecule has 0 saturated heterocycles. The van der Waals surface area contributed by atoms with Gasteiger partial charge in [-0.25, -0.2) is 17.5 Å². The van der Waals surface area contributed by atoms with Crippen LogP contribution >= 0.6 is 0 Å². The molecule has 0 spiro atoms. The van der Waals surface area contributed by atoms with E-state index >= 15 is 0 Å². The van der Waals surface area contributed by atoms with Crippen LogP contribution < -0.4 is 10.0 Å². The number of carbonyl (C=O) groups excluding carboxylic acids is 1. The predicted molar refractivity (Wildman–Crippen MR) is 84.2 cm³/mol. The monoisotopic (exact) mass is 330 g/mol. The molecule has 0 fully saturated rings. The van der Waals surface area contributed by atoms with E-state index in [1.807, 2.05) is 20.8 Å². The number of carbonyl (C=O) groups is 1. The molecule has 0 bridgehead atoms. The third-order valence-corrected chi connectivity index (χ3v) is 3.55. The molecule has 1 rings (SSSR count). The average Bonchev–Trinajstić information content (AvgIpc) is 2.34. The third kappa shape index (κ3) is 7.51. The quantitative estimate of drug-likeness (QED) is 0.837. The van der Waals surface area contributed by atoms with Crippen LogP contribution in [0.1, 0.15) is 38.8 Å². The first-order chi connectivity index (χ1) is 9.96. The highest BCUT2D eigenvalue weighted by Gasteiger charge is 2.21. The highest BCUT2D eigenvalue weighted by Crippen LogP contribution is 2.19. The van der Waals surface area contributed by atoms with Crippen molar-refractivity contribution in [2.45, 2.75) is 33.2 Å². The van der Waals surface area contributed by atoms with Gasteiger partial charge in [0.1, 0.15) is 5.82 Å². The van der Waals surface area contributed by atoms with Gasteiger partial charge in [0.2, 0.25) is 15.9 Å². The number of halogens is 1. The molecule has 0 aromatic heterocycles. The minimum absolute atomic E-state index is 0.0468. The van der Waals surface area contributed by atoms with Gasteiger partial charge in [-0.1, -0.05) is 32.9 Å². The maximum absolute atomic E-state index is 13.0. The molecule has 0 aliphatic rings. The molecular formula is C15H23FN2O3S. The van der Waals surface area contributed by atoms with Crippen LogP contribution in [0.5, 0.6) is 0 Å². The van der Waals surface area contributed by atoms with Gasteiger partial charge >= 0.3 is 0 Å². The number of sulfonamides is 1.